The van der Waals surface area contributed by atoms with Crippen molar-refractivity contribution in [2.45, 2.75) is 18.6 Å². The van der Waals surface area contributed by atoms with Gasteiger partial charge in [-0.25, -0.2) is 0 Å². The fraction of sp³-hybridized carbons (Fsp3) is 0.818. The summed E-state index contributed by atoms with van der Waals surface area (Å²) in [6.07, 6.45) is 1.76. The molecular formula is C11H10O4. The van der Waals surface area contributed by atoms with Crippen molar-refractivity contribution < 1.29 is 19.1 Å². The lowest BCUT2D eigenvalue weighted by Crippen LogP contribution is -2.48. The molecule has 6 aliphatic rings. The molecule has 8 atom stereocenters. The van der Waals surface area contributed by atoms with Crippen LogP contribution in [0.5, 0.6) is 0 Å². The van der Waals surface area contributed by atoms with Crippen LogP contribution < -0.4 is 0 Å². The number of esters is 2. The molecule has 4 aliphatic carbocycles. The van der Waals surface area contributed by atoms with Crippen LogP contribution in [0.15, 0.2) is 0 Å². The first-order valence-corrected chi connectivity index (χ1v) is 5.68. The van der Waals surface area contributed by atoms with E-state index in [1.54, 1.807) is 0 Å². The van der Waals surface area contributed by atoms with E-state index >= 15 is 0 Å². The van der Waals surface area contributed by atoms with Crippen LogP contribution in [0, 0.1) is 35.5 Å². The second-order valence-electron chi connectivity index (χ2n) is 5.58. The van der Waals surface area contributed by atoms with Crippen molar-refractivity contribution in [1.82, 2.24) is 0 Å². The zero-order chi connectivity index (χ0) is 9.89. The minimum atomic E-state index is -0.278. The number of carbonyl (C=O) groups excluding carboxylic acids is 2. The van der Waals surface area contributed by atoms with Gasteiger partial charge in [0.1, 0.15) is 0 Å². The van der Waals surface area contributed by atoms with Gasteiger partial charge < -0.3 is 9.47 Å². The van der Waals surface area contributed by atoms with Crippen LogP contribution in [0.4, 0.5) is 0 Å². The highest BCUT2D eigenvalue weighted by Crippen LogP contribution is 2.72. The van der Waals surface area contributed by atoms with Gasteiger partial charge in [-0.15, -0.1) is 0 Å². The molecule has 0 aromatic rings. The second kappa shape index (κ2) is 1.86. The molecule has 2 bridgehead atoms. The van der Waals surface area contributed by atoms with Gasteiger partial charge in [-0.1, -0.05) is 0 Å². The van der Waals surface area contributed by atoms with Crippen LogP contribution in [0.25, 0.3) is 0 Å². The van der Waals surface area contributed by atoms with Crippen molar-refractivity contribution in [3.05, 3.63) is 0 Å². The molecule has 0 aromatic carbocycles. The summed E-state index contributed by atoms with van der Waals surface area (Å²) in [5.74, 6) is 1.03. The van der Waals surface area contributed by atoms with Gasteiger partial charge in [-0.3, -0.25) is 9.59 Å². The van der Waals surface area contributed by atoms with E-state index in [-0.39, 0.29) is 36.0 Å². The Balaban J connectivity index is 1.71. The lowest BCUT2D eigenvalue weighted by molar-refractivity contribution is -0.154. The molecule has 0 aromatic heterocycles. The van der Waals surface area contributed by atoms with Crippen molar-refractivity contribution in [2.24, 2.45) is 35.5 Å². The van der Waals surface area contributed by atoms with Gasteiger partial charge in [0, 0.05) is 11.8 Å². The molecule has 4 heteroatoms. The smallest absolute Gasteiger partial charge is 0.317 e. The Kier molecular flexibility index (Phi) is 0.917. The quantitative estimate of drug-likeness (QED) is 0.317. The minimum absolute atomic E-state index is 0.157. The Labute approximate surface area is 85.9 Å². The van der Waals surface area contributed by atoms with Crippen molar-refractivity contribution in [3.63, 3.8) is 0 Å². The Hall–Kier alpha value is -0.900. The van der Waals surface area contributed by atoms with Gasteiger partial charge in [0.15, 0.2) is 0 Å². The summed E-state index contributed by atoms with van der Waals surface area (Å²) < 4.78 is 10.4. The zero-order valence-electron chi connectivity index (χ0n) is 7.96. The van der Waals surface area contributed by atoms with Gasteiger partial charge in [0.25, 0.3) is 0 Å². The first kappa shape index (κ1) is 7.39. The molecule has 8 unspecified atom stereocenters. The number of hydrogen-bond acceptors (Lipinski definition) is 4. The Bertz CT molecular complexity index is 363. The molecule has 0 radical (unpaired) electrons. The molecule has 78 valence electrons. The Morgan fingerprint density at radius 3 is 2.00 bits per heavy atom. The Morgan fingerprint density at radius 1 is 0.933 bits per heavy atom. The monoisotopic (exact) mass is 206 g/mol. The molecule has 2 saturated heterocycles. The maximum atomic E-state index is 11.6. The van der Waals surface area contributed by atoms with Crippen molar-refractivity contribution in [3.8, 4) is 0 Å². The number of cyclic esters (lactones) is 2. The number of epoxide rings is 1. The number of rotatable bonds is 0. The third-order valence-corrected chi connectivity index (χ3v) is 5.16. The minimum Gasteiger partial charge on any atom is -0.393 e. The molecule has 6 fully saturated rings. The van der Waals surface area contributed by atoms with Crippen molar-refractivity contribution in [2.75, 3.05) is 0 Å². The van der Waals surface area contributed by atoms with E-state index in [1.807, 2.05) is 0 Å². The lowest BCUT2D eigenvalue weighted by Gasteiger charge is -2.38. The molecule has 4 nitrogen and oxygen atoms in total. The van der Waals surface area contributed by atoms with Crippen LogP contribution in [0.3, 0.4) is 0 Å². The molecule has 4 saturated carbocycles. The van der Waals surface area contributed by atoms with Gasteiger partial charge in [0.05, 0.1) is 24.0 Å². The topological polar surface area (TPSA) is 55.9 Å². The molecule has 0 spiro atoms. The maximum Gasteiger partial charge on any atom is 0.317 e. The standard InChI is InChI=1S/C11H10O4/c12-10-6-4-2-1-3(2)5(9-8(4)14-9)7(6)11(13)15-10/h2-9H,1H2. The third kappa shape index (κ3) is 0.618. The van der Waals surface area contributed by atoms with Gasteiger partial charge in [0.2, 0.25) is 0 Å². The van der Waals surface area contributed by atoms with E-state index in [0.717, 1.165) is 0 Å². The average Bonchev–Trinajstić information content (AvgIpc) is 3.09. The van der Waals surface area contributed by atoms with Crippen LogP contribution in [0.2, 0.25) is 0 Å². The predicted molar refractivity (Wildman–Crippen MR) is 45.3 cm³/mol. The van der Waals surface area contributed by atoms with Crippen LogP contribution in [0.1, 0.15) is 6.42 Å². The van der Waals surface area contributed by atoms with Gasteiger partial charge in [-0.05, 0) is 18.3 Å². The summed E-state index contributed by atoms with van der Waals surface area (Å²) in [6.45, 7) is 0. The highest BCUT2D eigenvalue weighted by Gasteiger charge is 2.79. The van der Waals surface area contributed by atoms with Crippen LogP contribution in [-0.2, 0) is 19.1 Å². The summed E-state index contributed by atoms with van der Waals surface area (Å²) >= 11 is 0. The summed E-state index contributed by atoms with van der Waals surface area (Å²) in [7, 11) is 0. The molecule has 0 N–H and O–H groups in total. The zero-order valence-corrected chi connectivity index (χ0v) is 7.96. The summed E-state index contributed by atoms with van der Waals surface area (Å²) in [5, 5.41) is 0. The largest absolute Gasteiger partial charge is 0.393 e. The normalized spacial score (nSPS) is 66.9. The van der Waals surface area contributed by atoms with E-state index in [0.29, 0.717) is 23.7 Å². The number of ether oxygens (including phenoxy) is 2. The summed E-state index contributed by atoms with van der Waals surface area (Å²) in [4.78, 5) is 23.3. The molecule has 0 amide bonds. The predicted octanol–water partition coefficient (Wildman–Crippen LogP) is -0.0347. The number of hydrogen-bond donors (Lipinski definition) is 0. The lowest BCUT2D eigenvalue weighted by atomic mass is 9.59. The molecule has 2 heterocycles. The van der Waals surface area contributed by atoms with E-state index in [2.05, 4.69) is 0 Å². The first-order valence-electron chi connectivity index (χ1n) is 5.68. The van der Waals surface area contributed by atoms with Gasteiger partial charge >= 0.3 is 11.9 Å². The van der Waals surface area contributed by atoms with E-state index in [9.17, 15) is 9.59 Å². The molecule has 6 rings (SSSR count). The van der Waals surface area contributed by atoms with Crippen molar-refractivity contribution >= 4 is 11.9 Å². The van der Waals surface area contributed by atoms with Crippen LogP contribution >= 0.6 is 0 Å². The summed E-state index contributed by atoms with van der Waals surface area (Å²) in [6, 6.07) is 0. The van der Waals surface area contributed by atoms with Gasteiger partial charge in [-0.2, -0.15) is 0 Å². The van der Waals surface area contributed by atoms with E-state index < -0.39 is 0 Å². The van der Waals surface area contributed by atoms with E-state index in [1.165, 1.54) is 6.42 Å². The molecule has 2 aliphatic heterocycles. The van der Waals surface area contributed by atoms with Crippen molar-refractivity contribution in [1.29, 1.82) is 0 Å². The highest BCUT2D eigenvalue weighted by molar-refractivity contribution is 5.97. The fourth-order valence-electron chi connectivity index (χ4n) is 4.63. The number of carbonyl (C=O) groups is 2. The van der Waals surface area contributed by atoms with Crippen LogP contribution in [-0.4, -0.2) is 24.1 Å². The maximum absolute atomic E-state index is 11.6. The molecular weight excluding hydrogens is 196 g/mol. The SMILES string of the molecule is O=C1OC(=O)C2C1C1C3CC3C2C2OC21. The molecule has 15 heavy (non-hydrogen) atoms. The third-order valence-electron chi connectivity index (χ3n) is 5.16. The Morgan fingerprint density at radius 2 is 1.47 bits per heavy atom. The fourth-order valence-corrected chi connectivity index (χ4v) is 4.63. The average molecular weight is 206 g/mol. The highest BCUT2D eigenvalue weighted by atomic mass is 16.6. The first-order chi connectivity index (χ1) is 7.27. The summed E-state index contributed by atoms with van der Waals surface area (Å²) in [5.41, 5.74) is 0. The van der Waals surface area contributed by atoms with E-state index in [4.69, 9.17) is 9.47 Å². The second-order valence-corrected chi connectivity index (χ2v) is 5.58.